The fraction of sp³-hybridized carbons (Fsp3) is 0.800. The van der Waals surface area contributed by atoms with Gasteiger partial charge in [-0.05, 0) is 50.0 Å². The number of hydrogen-bond acceptors (Lipinski definition) is 4. The molecule has 0 N–H and O–H groups in total. The normalized spacial score (nSPS) is 14.8. The monoisotopic (exact) mass is 478 g/mol. The summed E-state index contributed by atoms with van der Waals surface area (Å²) in [5.41, 5.74) is 0.635. The van der Waals surface area contributed by atoms with E-state index in [9.17, 15) is 0 Å². The van der Waals surface area contributed by atoms with Crippen molar-refractivity contribution >= 4 is 0 Å². The summed E-state index contributed by atoms with van der Waals surface area (Å²) in [4.78, 5) is 0. The van der Waals surface area contributed by atoms with Gasteiger partial charge in [-0.25, -0.2) is 0 Å². The van der Waals surface area contributed by atoms with Crippen LogP contribution in [0.5, 0.6) is 0 Å². The van der Waals surface area contributed by atoms with Crippen molar-refractivity contribution in [1.29, 1.82) is 0 Å². The van der Waals surface area contributed by atoms with Crippen molar-refractivity contribution in [2.24, 2.45) is 5.92 Å². The zero-order valence-electron chi connectivity index (χ0n) is 23.2. The molecule has 0 aromatic heterocycles. The molecule has 0 radical (unpaired) electrons. The maximum atomic E-state index is 6.59. The molecule has 198 valence electrons. The Morgan fingerprint density at radius 1 is 0.676 bits per heavy atom. The topological polar surface area (TPSA) is 36.9 Å². The summed E-state index contributed by atoms with van der Waals surface area (Å²) in [7, 11) is 1.83. The molecular weight excluding hydrogens is 424 g/mol. The number of methoxy groups -OCH3 is 1. The number of benzene rings is 1. The van der Waals surface area contributed by atoms with Crippen LogP contribution in [-0.4, -0.2) is 38.5 Å². The van der Waals surface area contributed by atoms with Gasteiger partial charge in [-0.15, -0.1) is 0 Å². The summed E-state index contributed by atoms with van der Waals surface area (Å²) in [6.07, 6.45) is 12.8. The summed E-state index contributed by atoms with van der Waals surface area (Å²) >= 11 is 0. The molecule has 1 aromatic rings. The van der Waals surface area contributed by atoms with E-state index in [-0.39, 0.29) is 5.92 Å². The Morgan fingerprint density at radius 3 is 1.71 bits per heavy atom. The van der Waals surface area contributed by atoms with Crippen LogP contribution in [0.1, 0.15) is 111 Å². The van der Waals surface area contributed by atoms with Gasteiger partial charge in [0.25, 0.3) is 0 Å². The summed E-state index contributed by atoms with van der Waals surface area (Å²) in [5, 5.41) is 0. The van der Waals surface area contributed by atoms with Gasteiger partial charge in [0.15, 0.2) is 5.60 Å². The summed E-state index contributed by atoms with van der Waals surface area (Å²) in [6, 6.07) is 10.8. The van der Waals surface area contributed by atoms with Gasteiger partial charge in [-0.1, -0.05) is 103 Å². The van der Waals surface area contributed by atoms with Gasteiger partial charge >= 0.3 is 5.97 Å². The molecule has 0 heterocycles. The molecule has 0 aliphatic heterocycles. The van der Waals surface area contributed by atoms with E-state index in [0.717, 1.165) is 44.9 Å². The van der Waals surface area contributed by atoms with Gasteiger partial charge in [0.05, 0.1) is 19.8 Å². The highest BCUT2D eigenvalue weighted by molar-refractivity contribution is 5.17. The molecule has 0 fully saturated rings. The van der Waals surface area contributed by atoms with Crippen molar-refractivity contribution < 1.29 is 18.9 Å². The average Bonchev–Trinajstić information content (AvgIpc) is 2.87. The second-order valence-corrected chi connectivity index (χ2v) is 9.53. The van der Waals surface area contributed by atoms with Gasteiger partial charge < -0.3 is 18.9 Å². The van der Waals surface area contributed by atoms with E-state index >= 15 is 0 Å². The largest absolute Gasteiger partial charge is 0.369 e. The van der Waals surface area contributed by atoms with E-state index in [1.807, 2.05) is 7.11 Å². The molecule has 0 amide bonds. The molecule has 0 aliphatic carbocycles. The first kappa shape index (κ1) is 31.1. The highest BCUT2D eigenvalue weighted by Gasteiger charge is 2.59. The van der Waals surface area contributed by atoms with E-state index in [4.69, 9.17) is 18.9 Å². The molecule has 34 heavy (non-hydrogen) atoms. The Labute approximate surface area is 211 Å². The van der Waals surface area contributed by atoms with Crippen LogP contribution in [0.15, 0.2) is 30.3 Å². The van der Waals surface area contributed by atoms with Crippen molar-refractivity contribution in [3.63, 3.8) is 0 Å². The molecule has 4 nitrogen and oxygen atoms in total. The van der Waals surface area contributed by atoms with Crippen molar-refractivity contribution in [2.45, 2.75) is 123 Å². The summed E-state index contributed by atoms with van der Waals surface area (Å²) in [5.74, 6) is -0.991. The molecule has 0 bridgehead atoms. The van der Waals surface area contributed by atoms with Crippen molar-refractivity contribution in [3.05, 3.63) is 35.9 Å². The molecule has 0 spiro atoms. The molecular formula is C30H54O4. The third-order valence-corrected chi connectivity index (χ3v) is 6.63. The van der Waals surface area contributed by atoms with E-state index < -0.39 is 11.6 Å². The van der Waals surface area contributed by atoms with E-state index in [1.165, 1.54) is 37.7 Å². The smallest absolute Gasteiger partial charge is 0.314 e. The van der Waals surface area contributed by atoms with Crippen molar-refractivity contribution in [3.8, 4) is 0 Å². The maximum Gasteiger partial charge on any atom is 0.314 e. The standard InChI is InChI=1S/C30H54O4/c1-7-12-13-14-18-21-28(26-27-19-16-15-17-20-27)29(31-6,22-8-2)30(32-23-9-3,33-24-10-4)34-25-11-5/h15-17,19-20,28H,7-14,18,21-26H2,1-6H3. The fourth-order valence-corrected chi connectivity index (χ4v) is 4.97. The highest BCUT2D eigenvalue weighted by Crippen LogP contribution is 2.46. The highest BCUT2D eigenvalue weighted by atomic mass is 16.9. The molecule has 4 heteroatoms. The zero-order chi connectivity index (χ0) is 25.1. The Bertz CT molecular complexity index is 569. The van der Waals surface area contributed by atoms with Gasteiger partial charge in [-0.2, -0.15) is 0 Å². The number of hydrogen-bond donors (Lipinski definition) is 0. The lowest BCUT2D eigenvalue weighted by molar-refractivity contribution is -0.455. The number of rotatable bonds is 22. The van der Waals surface area contributed by atoms with Gasteiger partial charge in [0.1, 0.15) is 0 Å². The molecule has 2 atom stereocenters. The Balaban J connectivity index is 3.49. The predicted octanol–water partition coefficient (Wildman–Crippen LogP) is 8.32. The summed E-state index contributed by atoms with van der Waals surface area (Å²) < 4.78 is 26.3. The van der Waals surface area contributed by atoms with Crippen LogP contribution in [0.4, 0.5) is 0 Å². The lowest BCUT2D eigenvalue weighted by atomic mass is 9.74. The lowest BCUT2D eigenvalue weighted by Crippen LogP contribution is -2.65. The van der Waals surface area contributed by atoms with Crippen LogP contribution in [0, 0.1) is 5.92 Å². The molecule has 0 saturated heterocycles. The van der Waals surface area contributed by atoms with Crippen molar-refractivity contribution in [1.82, 2.24) is 0 Å². The van der Waals surface area contributed by atoms with Crippen LogP contribution in [-0.2, 0) is 25.4 Å². The average molecular weight is 479 g/mol. The lowest BCUT2D eigenvalue weighted by Gasteiger charge is -2.51. The molecule has 0 saturated carbocycles. The van der Waals surface area contributed by atoms with Crippen LogP contribution >= 0.6 is 0 Å². The third kappa shape index (κ3) is 9.26. The fourth-order valence-electron chi connectivity index (χ4n) is 4.97. The first-order valence-corrected chi connectivity index (χ1v) is 14.1. The SMILES string of the molecule is CCCCCCCC(Cc1ccccc1)C(CCC)(OC)C(OCCC)(OCCC)OCCC. The van der Waals surface area contributed by atoms with Gasteiger partial charge in [-0.3, -0.25) is 0 Å². The van der Waals surface area contributed by atoms with Gasteiger partial charge in [0.2, 0.25) is 0 Å². The van der Waals surface area contributed by atoms with E-state index in [2.05, 4.69) is 65.0 Å². The quantitative estimate of drug-likeness (QED) is 0.124. The third-order valence-electron chi connectivity index (χ3n) is 6.63. The van der Waals surface area contributed by atoms with Gasteiger partial charge in [0, 0.05) is 7.11 Å². The van der Waals surface area contributed by atoms with Crippen LogP contribution < -0.4 is 0 Å². The van der Waals surface area contributed by atoms with E-state index in [0.29, 0.717) is 19.8 Å². The summed E-state index contributed by atoms with van der Waals surface area (Å²) in [6.45, 7) is 12.6. The first-order chi connectivity index (χ1) is 16.6. The van der Waals surface area contributed by atoms with Crippen molar-refractivity contribution in [2.75, 3.05) is 26.9 Å². The molecule has 1 rings (SSSR count). The minimum absolute atomic E-state index is 0.215. The zero-order valence-corrected chi connectivity index (χ0v) is 23.2. The predicted molar refractivity (Wildman–Crippen MR) is 143 cm³/mol. The Kier molecular flexibility index (Phi) is 16.8. The Hall–Kier alpha value is -0.940. The molecule has 1 aromatic carbocycles. The first-order valence-electron chi connectivity index (χ1n) is 14.1. The maximum absolute atomic E-state index is 6.59. The van der Waals surface area contributed by atoms with Crippen LogP contribution in [0.2, 0.25) is 0 Å². The number of unbranched alkanes of at least 4 members (excludes halogenated alkanes) is 4. The molecule has 2 unspecified atom stereocenters. The Morgan fingerprint density at radius 2 is 1.24 bits per heavy atom. The molecule has 0 aliphatic rings. The van der Waals surface area contributed by atoms with Crippen LogP contribution in [0.25, 0.3) is 0 Å². The minimum Gasteiger partial charge on any atom is -0.369 e. The minimum atomic E-state index is -1.21. The second-order valence-electron chi connectivity index (χ2n) is 9.53. The van der Waals surface area contributed by atoms with Crippen LogP contribution in [0.3, 0.4) is 0 Å². The number of ether oxygens (including phenoxy) is 4. The van der Waals surface area contributed by atoms with E-state index in [1.54, 1.807) is 0 Å². The second kappa shape index (κ2) is 18.3.